The Morgan fingerprint density at radius 3 is 2.29 bits per heavy atom. The highest BCUT2D eigenvalue weighted by Gasteiger charge is 2.00. The van der Waals surface area contributed by atoms with E-state index >= 15 is 0 Å². The van der Waals surface area contributed by atoms with E-state index in [1.54, 1.807) is 0 Å². The molecule has 0 heterocycles. The van der Waals surface area contributed by atoms with Crippen LogP contribution in [-0.2, 0) is 9.53 Å². The number of hydrogen-bond acceptors (Lipinski definition) is 2. The third-order valence-corrected chi connectivity index (χ3v) is 2.28. The lowest BCUT2D eigenvalue weighted by Crippen LogP contribution is -2.07. The Morgan fingerprint density at radius 2 is 1.64 bits per heavy atom. The van der Waals surface area contributed by atoms with Crippen LogP contribution in [-0.4, -0.2) is 19.0 Å². The number of carbonyl (C=O) groups is 1. The van der Waals surface area contributed by atoms with Gasteiger partial charge in [-0.25, -0.2) is 0 Å². The van der Waals surface area contributed by atoms with Gasteiger partial charge in [-0.2, -0.15) is 0 Å². The maximum absolute atomic E-state index is 11.2. The van der Waals surface area contributed by atoms with Crippen molar-refractivity contribution in [3.8, 4) is 0 Å². The van der Waals surface area contributed by atoms with Crippen molar-refractivity contribution in [2.24, 2.45) is 0 Å². The van der Waals surface area contributed by atoms with Crippen molar-refractivity contribution in [1.29, 1.82) is 0 Å². The van der Waals surface area contributed by atoms with Crippen molar-refractivity contribution in [2.45, 2.75) is 58.8 Å². The first-order valence-corrected chi connectivity index (χ1v) is 5.90. The molecule has 0 N–H and O–H groups in total. The molecule has 2 heteroatoms. The summed E-state index contributed by atoms with van der Waals surface area (Å²) in [5.74, 6) is 0.252. The number of rotatable bonds is 10. The monoisotopic (exact) mass is 200 g/mol. The highest BCUT2D eigenvalue weighted by atomic mass is 16.5. The zero-order valence-corrected chi connectivity index (χ0v) is 9.68. The minimum atomic E-state index is 0.252. The summed E-state index contributed by atoms with van der Waals surface area (Å²) in [5, 5.41) is 0. The molecule has 14 heavy (non-hydrogen) atoms. The molecule has 0 aliphatic heterocycles. The summed E-state index contributed by atoms with van der Waals surface area (Å²) < 4.78 is 5.04. The van der Waals surface area contributed by atoms with Crippen molar-refractivity contribution in [1.82, 2.24) is 0 Å². The fourth-order valence-corrected chi connectivity index (χ4v) is 1.39. The molecule has 0 aromatic carbocycles. The van der Waals surface area contributed by atoms with Crippen LogP contribution < -0.4 is 0 Å². The molecule has 0 atom stereocenters. The van der Waals surface area contributed by atoms with Crippen LogP contribution in [0.3, 0.4) is 0 Å². The first kappa shape index (κ1) is 13.6. The van der Waals surface area contributed by atoms with Crippen LogP contribution in [0.25, 0.3) is 0 Å². The van der Waals surface area contributed by atoms with Crippen LogP contribution >= 0.6 is 0 Å². The van der Waals surface area contributed by atoms with Crippen molar-refractivity contribution in [3.05, 3.63) is 0 Å². The molecule has 0 aliphatic rings. The van der Waals surface area contributed by atoms with Gasteiger partial charge in [-0.15, -0.1) is 0 Å². The fourth-order valence-electron chi connectivity index (χ4n) is 1.39. The normalized spacial score (nSPS) is 10.4. The molecule has 0 spiro atoms. The third kappa shape index (κ3) is 9.72. The van der Waals surface area contributed by atoms with Gasteiger partial charge in [-0.3, -0.25) is 4.79 Å². The maximum atomic E-state index is 11.2. The summed E-state index contributed by atoms with van der Waals surface area (Å²) in [7, 11) is 0. The molecule has 0 rings (SSSR count). The van der Waals surface area contributed by atoms with Crippen LogP contribution in [0.5, 0.6) is 0 Å². The standard InChI is InChI=1S/C12H24O2/c1-3-5-6-7-8-9-10-12(13)11-14-4-2/h3-11H2,1-2H3. The fraction of sp³-hybridized carbons (Fsp3) is 0.917. The van der Waals surface area contributed by atoms with Crippen LogP contribution in [0, 0.1) is 0 Å². The minimum absolute atomic E-state index is 0.252. The highest BCUT2D eigenvalue weighted by Crippen LogP contribution is 2.07. The van der Waals surface area contributed by atoms with E-state index in [0.29, 0.717) is 19.6 Å². The molecule has 0 radical (unpaired) electrons. The Hall–Kier alpha value is -0.370. The average Bonchev–Trinajstić information content (AvgIpc) is 2.20. The Balaban J connectivity index is 3.07. The molecule has 0 unspecified atom stereocenters. The zero-order valence-electron chi connectivity index (χ0n) is 9.68. The van der Waals surface area contributed by atoms with Crippen molar-refractivity contribution < 1.29 is 9.53 Å². The van der Waals surface area contributed by atoms with Crippen molar-refractivity contribution >= 4 is 5.78 Å². The molecule has 0 aromatic heterocycles. The van der Waals surface area contributed by atoms with Crippen molar-refractivity contribution in [2.75, 3.05) is 13.2 Å². The number of Topliss-reactive ketones (excluding diaryl/α,β-unsaturated/α-hetero) is 1. The van der Waals surface area contributed by atoms with Gasteiger partial charge in [0.15, 0.2) is 5.78 Å². The van der Waals surface area contributed by atoms with E-state index in [1.165, 1.54) is 32.1 Å². The summed E-state index contributed by atoms with van der Waals surface area (Å²) in [6.07, 6.45) is 8.13. The Labute approximate surface area is 88.0 Å². The molecule has 0 amide bonds. The highest BCUT2D eigenvalue weighted by molar-refractivity contribution is 5.79. The van der Waals surface area contributed by atoms with E-state index in [1.807, 2.05) is 6.92 Å². The first-order chi connectivity index (χ1) is 6.81. The van der Waals surface area contributed by atoms with Gasteiger partial charge in [0.25, 0.3) is 0 Å². The summed E-state index contributed by atoms with van der Waals surface area (Å²) in [6, 6.07) is 0. The summed E-state index contributed by atoms with van der Waals surface area (Å²) in [4.78, 5) is 11.2. The summed E-state index contributed by atoms with van der Waals surface area (Å²) >= 11 is 0. The molecule has 0 saturated heterocycles. The second-order valence-electron chi connectivity index (χ2n) is 3.69. The zero-order chi connectivity index (χ0) is 10.6. The quantitative estimate of drug-likeness (QED) is 0.505. The minimum Gasteiger partial charge on any atom is -0.374 e. The topological polar surface area (TPSA) is 26.3 Å². The molecule has 84 valence electrons. The summed E-state index contributed by atoms with van der Waals surface area (Å²) in [5.41, 5.74) is 0. The first-order valence-electron chi connectivity index (χ1n) is 5.90. The van der Waals surface area contributed by atoms with E-state index in [4.69, 9.17) is 4.74 Å². The van der Waals surface area contributed by atoms with E-state index in [9.17, 15) is 4.79 Å². The number of hydrogen-bond donors (Lipinski definition) is 0. The van der Waals surface area contributed by atoms with Crippen LogP contribution in [0.4, 0.5) is 0 Å². The van der Waals surface area contributed by atoms with Gasteiger partial charge < -0.3 is 4.74 Å². The molecule has 0 aromatic rings. The lowest BCUT2D eigenvalue weighted by Gasteiger charge is -2.01. The van der Waals surface area contributed by atoms with Gasteiger partial charge in [-0.05, 0) is 13.3 Å². The molecular formula is C12H24O2. The molecule has 0 saturated carbocycles. The molecule has 2 nitrogen and oxygen atoms in total. The average molecular weight is 200 g/mol. The predicted octanol–water partition coefficient (Wildman–Crippen LogP) is 3.34. The Bertz CT molecular complexity index is 132. The Kier molecular flexibility index (Phi) is 10.4. The largest absolute Gasteiger partial charge is 0.374 e. The lowest BCUT2D eigenvalue weighted by atomic mass is 10.1. The number of ether oxygens (including phenoxy) is 1. The van der Waals surface area contributed by atoms with Crippen LogP contribution in [0.2, 0.25) is 0 Å². The lowest BCUT2D eigenvalue weighted by molar-refractivity contribution is -0.123. The van der Waals surface area contributed by atoms with Crippen LogP contribution in [0.1, 0.15) is 58.8 Å². The van der Waals surface area contributed by atoms with E-state index in [0.717, 1.165) is 6.42 Å². The van der Waals surface area contributed by atoms with Gasteiger partial charge in [0.1, 0.15) is 6.61 Å². The number of unbranched alkanes of at least 4 members (excludes halogenated alkanes) is 5. The second kappa shape index (κ2) is 10.7. The second-order valence-corrected chi connectivity index (χ2v) is 3.69. The summed E-state index contributed by atoms with van der Waals surface area (Å²) in [6.45, 7) is 5.08. The number of ketones is 1. The SMILES string of the molecule is CCCCCCCCC(=O)COCC. The van der Waals surface area contributed by atoms with Crippen LogP contribution in [0.15, 0.2) is 0 Å². The van der Waals surface area contributed by atoms with Gasteiger partial charge in [0, 0.05) is 13.0 Å². The third-order valence-electron chi connectivity index (χ3n) is 2.28. The smallest absolute Gasteiger partial charge is 0.158 e. The molecule has 0 aliphatic carbocycles. The van der Waals surface area contributed by atoms with E-state index < -0.39 is 0 Å². The van der Waals surface area contributed by atoms with E-state index in [2.05, 4.69) is 6.92 Å². The molecule has 0 fully saturated rings. The van der Waals surface area contributed by atoms with Crippen molar-refractivity contribution in [3.63, 3.8) is 0 Å². The van der Waals surface area contributed by atoms with Gasteiger partial charge in [-0.1, -0.05) is 39.0 Å². The molecule has 0 bridgehead atoms. The predicted molar refractivity (Wildman–Crippen MR) is 59.5 cm³/mol. The van der Waals surface area contributed by atoms with Gasteiger partial charge in [0.2, 0.25) is 0 Å². The molecular weight excluding hydrogens is 176 g/mol. The van der Waals surface area contributed by atoms with E-state index in [-0.39, 0.29) is 5.78 Å². The maximum Gasteiger partial charge on any atom is 0.158 e. The number of carbonyl (C=O) groups excluding carboxylic acids is 1. The Morgan fingerprint density at radius 1 is 1.00 bits per heavy atom. The van der Waals surface area contributed by atoms with Gasteiger partial charge in [0.05, 0.1) is 0 Å². The van der Waals surface area contributed by atoms with Gasteiger partial charge >= 0.3 is 0 Å².